The zero-order chi connectivity index (χ0) is 49.5. The van der Waals surface area contributed by atoms with E-state index in [1.807, 2.05) is 51.1 Å². The number of nitrogen functional groups attached to an aromatic ring is 2. The number of ether oxygens (including phenoxy) is 3. The quantitative estimate of drug-likeness (QED) is 0.0527. The number of methoxy groups -OCH3 is 2. The van der Waals surface area contributed by atoms with Crippen LogP contribution >= 0.6 is 0 Å². The lowest BCUT2D eigenvalue weighted by Crippen LogP contribution is -2.38. The highest BCUT2D eigenvalue weighted by Crippen LogP contribution is 2.41. The lowest BCUT2D eigenvalue weighted by Gasteiger charge is -2.32. The maximum absolute atomic E-state index is 10.7. The van der Waals surface area contributed by atoms with E-state index in [2.05, 4.69) is 102 Å². The average molecular weight is 953 g/mol. The first-order chi connectivity index (χ1) is 33.3. The third-order valence-corrected chi connectivity index (χ3v) is 13.6. The molecule has 2 unspecified atom stereocenters. The van der Waals surface area contributed by atoms with Crippen LogP contribution in [0.15, 0.2) is 120 Å². The summed E-state index contributed by atoms with van der Waals surface area (Å²) >= 11 is 0. The molecule has 3 heterocycles. The molecule has 0 aliphatic carbocycles. The van der Waals surface area contributed by atoms with E-state index in [0.29, 0.717) is 23.9 Å². The van der Waals surface area contributed by atoms with E-state index < -0.39 is 6.10 Å². The average Bonchev–Trinajstić information content (AvgIpc) is 3.78. The molecule has 0 radical (unpaired) electrons. The molecule has 0 aromatic heterocycles. The van der Waals surface area contributed by atoms with Crippen LogP contribution in [0.25, 0.3) is 0 Å². The molecule has 70 heavy (non-hydrogen) atoms. The second-order valence-electron chi connectivity index (χ2n) is 19.0. The molecule has 10 heteroatoms. The minimum Gasteiger partial charge on any atom is -0.496 e. The summed E-state index contributed by atoms with van der Waals surface area (Å²) in [6.45, 7) is 21.4. The van der Waals surface area contributed by atoms with Crippen molar-refractivity contribution in [3.8, 4) is 17.2 Å². The summed E-state index contributed by atoms with van der Waals surface area (Å²) in [7, 11) is 3.52. The number of fused-ring (bicyclic) bond motifs is 3. The predicted octanol–water partition coefficient (Wildman–Crippen LogP) is 10.9. The summed E-state index contributed by atoms with van der Waals surface area (Å²) in [6.07, 6.45) is 7.66. The molecule has 5 aromatic rings. The van der Waals surface area contributed by atoms with Crippen molar-refractivity contribution in [2.75, 3.05) is 65.0 Å². The number of β-amino-alcohol motifs (C(OH)–C–C–N with tert-alkyl or cyclic N) is 1. The van der Waals surface area contributed by atoms with Crippen LogP contribution in [0.4, 0.5) is 11.4 Å². The van der Waals surface area contributed by atoms with Gasteiger partial charge in [0, 0.05) is 93.0 Å². The Bertz CT molecular complexity index is 2450. The second kappa shape index (κ2) is 27.0. The molecule has 10 nitrogen and oxygen atoms in total. The smallest absolute Gasteiger partial charge is 0.123 e. The van der Waals surface area contributed by atoms with Crippen LogP contribution in [0.3, 0.4) is 0 Å². The molecule has 7 N–H and O–H groups in total. The summed E-state index contributed by atoms with van der Waals surface area (Å²) in [4.78, 5) is 7.34. The van der Waals surface area contributed by atoms with Crippen molar-refractivity contribution in [2.45, 2.75) is 113 Å². The fourth-order valence-electron chi connectivity index (χ4n) is 9.67. The van der Waals surface area contributed by atoms with Gasteiger partial charge >= 0.3 is 0 Å². The van der Waals surface area contributed by atoms with Crippen LogP contribution in [-0.4, -0.2) is 79.5 Å². The van der Waals surface area contributed by atoms with Crippen LogP contribution in [0, 0.1) is 5.92 Å². The Morgan fingerprint density at radius 2 is 1.23 bits per heavy atom. The van der Waals surface area contributed by atoms with Crippen molar-refractivity contribution >= 4 is 11.4 Å². The molecule has 0 saturated carbocycles. The molecule has 8 rings (SSSR count). The fourth-order valence-corrected chi connectivity index (χ4v) is 9.67. The van der Waals surface area contributed by atoms with Crippen molar-refractivity contribution < 1.29 is 19.3 Å². The first-order valence-corrected chi connectivity index (χ1v) is 25.1. The number of aliphatic hydroxyl groups is 1. The van der Waals surface area contributed by atoms with Gasteiger partial charge in [-0.3, -0.25) is 14.7 Å². The van der Waals surface area contributed by atoms with Crippen LogP contribution < -0.4 is 31.4 Å². The predicted molar refractivity (Wildman–Crippen MR) is 292 cm³/mol. The number of rotatable bonds is 17. The number of anilines is 2. The number of hydrogen-bond donors (Lipinski definition) is 4. The molecule has 5 aromatic carbocycles. The van der Waals surface area contributed by atoms with Gasteiger partial charge in [0.25, 0.3) is 0 Å². The van der Waals surface area contributed by atoms with Gasteiger partial charge in [-0.1, -0.05) is 102 Å². The van der Waals surface area contributed by atoms with E-state index in [-0.39, 0.29) is 20.0 Å². The standard InChI is InChI=1S/C39H48N4O4.C18H26N2.C2H6.CH4/c1-26(36-18-28-12-15-42(22-30(28)20-38(36)45-2)14-11-27-5-4-6-33(41)17-27)37-19-29-13-16-43(23-31(29)21-39(37)46-3)24-34(44)25-47-35-9-7-32(40)8-10-35;1-14(2)16(9-8-15(3)19)10-11-20-12-17-6-4-5-7-18(17)13-20;1-2;/h4-10,17-21,26,34,44H,11-16,22-25,40-41H2,1-3H3;4-9,14H,10-13,19H2,1-3H3;1-2H3;1H4/b;15-8+,16-9-;;. The third-order valence-electron chi connectivity index (χ3n) is 13.6. The van der Waals surface area contributed by atoms with Gasteiger partial charge in [-0.15, -0.1) is 0 Å². The molecular formula is C60H84N6O4. The molecule has 3 aliphatic rings. The normalized spacial score (nSPS) is 15.7. The van der Waals surface area contributed by atoms with Gasteiger partial charge in [-0.2, -0.15) is 0 Å². The van der Waals surface area contributed by atoms with E-state index in [1.165, 1.54) is 55.6 Å². The monoisotopic (exact) mass is 953 g/mol. The first kappa shape index (κ1) is 55.2. The Labute approximate surface area is 421 Å². The molecule has 0 bridgehead atoms. The van der Waals surface area contributed by atoms with E-state index >= 15 is 0 Å². The number of hydrogen-bond acceptors (Lipinski definition) is 10. The summed E-state index contributed by atoms with van der Waals surface area (Å²) in [6, 6.07) is 33.3. The molecule has 0 fully saturated rings. The lowest BCUT2D eigenvalue weighted by molar-refractivity contribution is 0.0637. The van der Waals surface area contributed by atoms with Crippen LogP contribution in [-0.2, 0) is 45.4 Å². The van der Waals surface area contributed by atoms with Gasteiger partial charge < -0.3 is 36.5 Å². The van der Waals surface area contributed by atoms with E-state index in [4.69, 9.17) is 31.4 Å². The first-order valence-electron chi connectivity index (χ1n) is 25.1. The highest BCUT2D eigenvalue weighted by molar-refractivity contribution is 5.53. The van der Waals surface area contributed by atoms with Crippen LogP contribution in [0.2, 0.25) is 0 Å². The molecule has 2 atom stereocenters. The van der Waals surface area contributed by atoms with Crippen LogP contribution in [0.1, 0.15) is 111 Å². The molecule has 0 amide bonds. The van der Waals surface area contributed by atoms with Gasteiger partial charge in [0.2, 0.25) is 0 Å². The Hall–Kier alpha value is -5.78. The Morgan fingerprint density at radius 1 is 0.657 bits per heavy atom. The van der Waals surface area contributed by atoms with Crippen molar-refractivity contribution in [1.82, 2.24) is 14.7 Å². The van der Waals surface area contributed by atoms with E-state index in [1.54, 1.807) is 26.4 Å². The van der Waals surface area contributed by atoms with Crippen molar-refractivity contribution in [3.63, 3.8) is 0 Å². The van der Waals surface area contributed by atoms with Gasteiger partial charge in [-0.25, -0.2) is 0 Å². The third kappa shape index (κ3) is 15.4. The Morgan fingerprint density at radius 3 is 1.79 bits per heavy atom. The number of nitrogens with two attached hydrogens (primary N) is 3. The number of allylic oxidation sites excluding steroid dienone is 3. The second-order valence-corrected chi connectivity index (χ2v) is 19.0. The molecular weight excluding hydrogens is 869 g/mol. The summed E-state index contributed by atoms with van der Waals surface area (Å²) in [5.41, 5.74) is 33.3. The fraction of sp³-hybridized carbons (Fsp3) is 0.433. The topological polar surface area (TPSA) is 136 Å². The zero-order valence-corrected chi connectivity index (χ0v) is 42.8. The number of aliphatic hydroxyl groups excluding tert-OH is 1. The zero-order valence-electron chi connectivity index (χ0n) is 42.8. The maximum Gasteiger partial charge on any atom is 0.123 e. The summed E-state index contributed by atoms with van der Waals surface area (Å²) in [5, 5.41) is 10.7. The Balaban J connectivity index is 0.000000332. The van der Waals surface area contributed by atoms with Gasteiger partial charge in [0.1, 0.15) is 30.0 Å². The van der Waals surface area contributed by atoms with Crippen molar-refractivity contribution in [2.24, 2.45) is 11.7 Å². The van der Waals surface area contributed by atoms with E-state index in [9.17, 15) is 5.11 Å². The minimum absolute atomic E-state index is 0. The number of benzene rings is 5. The highest BCUT2D eigenvalue weighted by Gasteiger charge is 2.27. The molecule has 0 saturated heterocycles. The Kier molecular flexibility index (Phi) is 21.3. The maximum atomic E-state index is 10.7. The van der Waals surface area contributed by atoms with Crippen molar-refractivity contribution in [3.05, 3.63) is 171 Å². The van der Waals surface area contributed by atoms with Gasteiger partial charge in [0.05, 0.1) is 14.2 Å². The van der Waals surface area contributed by atoms with Gasteiger partial charge in [-0.05, 0) is 132 Å². The minimum atomic E-state index is -0.595. The molecule has 3 aliphatic heterocycles. The van der Waals surface area contributed by atoms with Gasteiger partial charge in [0.15, 0.2) is 0 Å². The highest BCUT2D eigenvalue weighted by atomic mass is 16.5. The molecule has 378 valence electrons. The van der Waals surface area contributed by atoms with Crippen molar-refractivity contribution in [1.29, 1.82) is 0 Å². The number of nitrogens with zero attached hydrogens (tertiary/aromatic N) is 3. The summed E-state index contributed by atoms with van der Waals surface area (Å²) < 4.78 is 17.8. The molecule has 0 spiro atoms. The van der Waals surface area contributed by atoms with Crippen LogP contribution in [0.5, 0.6) is 17.2 Å². The largest absolute Gasteiger partial charge is 0.496 e. The SMILES string of the molecule is C.C/C(N)=C\C=C(\CCN1Cc2ccccc2C1)C(C)C.CC.COc1cc2c(cc1C(C)c1cc3c(cc1OC)CN(CC(O)COc1ccc(N)cc1)CC3)CCN(CCc1cccc(N)c1)C2. The lowest BCUT2D eigenvalue weighted by atomic mass is 9.85. The summed E-state index contributed by atoms with van der Waals surface area (Å²) in [5.74, 6) is 3.20. The van der Waals surface area contributed by atoms with E-state index in [0.717, 1.165) is 101 Å².